The van der Waals surface area contributed by atoms with E-state index in [1.54, 1.807) is 0 Å². The van der Waals surface area contributed by atoms with Crippen LogP contribution < -0.4 is 10.8 Å². The minimum atomic E-state index is -0.540. The number of aliphatic hydroxyl groups is 1. The zero-order valence-electron chi connectivity index (χ0n) is 15.8. The third kappa shape index (κ3) is 4.10. The minimum absolute atomic E-state index is 0.0505. The molecule has 4 rings (SSSR count). The van der Waals surface area contributed by atoms with E-state index < -0.39 is 6.04 Å². The molecule has 2 bridgehead atoms. The highest BCUT2D eigenvalue weighted by molar-refractivity contribution is 7.75. The summed E-state index contributed by atoms with van der Waals surface area (Å²) in [5.74, 6) is -0.299. The van der Waals surface area contributed by atoms with E-state index in [9.17, 15) is 14.7 Å². The van der Waals surface area contributed by atoms with Gasteiger partial charge >= 0.3 is 6.03 Å². The van der Waals surface area contributed by atoms with Gasteiger partial charge in [-0.3, -0.25) is 14.5 Å². The van der Waals surface area contributed by atoms with Gasteiger partial charge in [0.1, 0.15) is 6.04 Å². The fourth-order valence-electron chi connectivity index (χ4n) is 4.75. The Morgan fingerprint density at radius 3 is 2.79 bits per heavy atom. The quantitative estimate of drug-likeness (QED) is 0.257. The molecule has 0 aromatic rings. The summed E-state index contributed by atoms with van der Waals surface area (Å²) in [5, 5.41) is 14.3. The van der Waals surface area contributed by atoms with E-state index in [4.69, 9.17) is 9.12 Å². The van der Waals surface area contributed by atoms with Gasteiger partial charge in [0, 0.05) is 51.2 Å². The van der Waals surface area contributed by atoms with E-state index in [-0.39, 0.29) is 30.1 Å². The van der Waals surface area contributed by atoms with E-state index in [0.29, 0.717) is 32.0 Å². The van der Waals surface area contributed by atoms with Crippen LogP contribution in [0.25, 0.3) is 0 Å². The van der Waals surface area contributed by atoms with Crippen LogP contribution in [0.2, 0.25) is 0 Å². The first kappa shape index (κ1) is 20.2. The summed E-state index contributed by atoms with van der Waals surface area (Å²) < 4.78 is 4.83. The number of nitrogens with one attached hydrogen (secondary N) is 2. The topological polar surface area (TPSA) is 107 Å². The second-order valence-electron chi connectivity index (χ2n) is 8.13. The van der Waals surface area contributed by atoms with Crippen LogP contribution in [0.3, 0.4) is 0 Å². The number of carbonyl (C=O) groups excluding carboxylic acids is 2. The summed E-state index contributed by atoms with van der Waals surface area (Å²) in [6.45, 7) is 3.60. The van der Waals surface area contributed by atoms with Crippen LogP contribution in [0.5, 0.6) is 0 Å². The number of hydroxylamine groups is 3. The molecule has 4 aliphatic rings. The van der Waals surface area contributed by atoms with Crippen LogP contribution in [-0.4, -0.2) is 95.0 Å². The number of piperidine rings is 2. The number of nitrogens with zero attached hydrogens (tertiary/aromatic N) is 3. The molecular formula is C17H29N5O5S. The fourth-order valence-corrected chi connectivity index (χ4v) is 4.95. The highest BCUT2D eigenvalue weighted by Gasteiger charge is 2.48. The van der Waals surface area contributed by atoms with Crippen molar-refractivity contribution >= 4 is 24.8 Å². The van der Waals surface area contributed by atoms with Gasteiger partial charge in [0.2, 0.25) is 0 Å². The lowest BCUT2D eigenvalue weighted by molar-refractivity contribution is -0.139. The molecule has 4 aliphatic heterocycles. The normalized spacial score (nSPS) is 34.3. The SMILES string of the molecule is O=C(NOC[C@@H]1C[C@@H](N2CCC(O)CC2)CN1)C1CCC2CN1C(=O)N2OS. The van der Waals surface area contributed by atoms with Gasteiger partial charge in [0.15, 0.2) is 0 Å². The number of amides is 3. The minimum Gasteiger partial charge on any atom is -0.393 e. The van der Waals surface area contributed by atoms with Crippen LogP contribution in [0, 0.1) is 0 Å². The Morgan fingerprint density at radius 1 is 1.25 bits per heavy atom. The van der Waals surface area contributed by atoms with E-state index in [1.807, 2.05) is 0 Å². The van der Waals surface area contributed by atoms with E-state index >= 15 is 0 Å². The molecule has 0 aliphatic carbocycles. The molecular weight excluding hydrogens is 386 g/mol. The van der Waals surface area contributed by atoms with Crippen molar-refractivity contribution in [3.8, 4) is 0 Å². The molecule has 4 heterocycles. The molecule has 28 heavy (non-hydrogen) atoms. The summed E-state index contributed by atoms with van der Waals surface area (Å²) in [6, 6.07) is -0.299. The van der Waals surface area contributed by atoms with Crippen molar-refractivity contribution < 1.29 is 23.8 Å². The molecule has 0 saturated carbocycles. The molecule has 0 aromatic carbocycles. The average molecular weight is 416 g/mol. The number of fused-ring (bicyclic) bond motifs is 2. The molecule has 4 atom stereocenters. The summed E-state index contributed by atoms with van der Waals surface area (Å²) in [6.07, 6.45) is 3.72. The van der Waals surface area contributed by atoms with Crippen molar-refractivity contribution in [2.24, 2.45) is 0 Å². The standard InChI is InChI=1S/C17H29N5O5S/c23-14-3-5-20(6-4-14)13-7-11(18-8-13)10-26-19-16(24)15-2-1-12-9-21(15)17(25)22(12)27-28/h11-15,18,23,28H,1-10H2,(H,19,24)/t11-,12?,13+,15?/m0/s1. The third-order valence-electron chi connectivity index (χ3n) is 6.38. The smallest absolute Gasteiger partial charge is 0.345 e. The Balaban J connectivity index is 1.19. The first-order valence-corrected chi connectivity index (χ1v) is 10.4. The van der Waals surface area contributed by atoms with E-state index in [0.717, 1.165) is 38.9 Å². The summed E-state index contributed by atoms with van der Waals surface area (Å²) >= 11 is 3.72. The van der Waals surface area contributed by atoms with Gasteiger partial charge in [-0.25, -0.2) is 14.6 Å². The summed E-state index contributed by atoms with van der Waals surface area (Å²) in [7, 11) is 0. The maximum atomic E-state index is 12.5. The Hall–Kier alpha value is -1.11. The zero-order valence-corrected chi connectivity index (χ0v) is 16.7. The van der Waals surface area contributed by atoms with Crippen LogP contribution in [0.1, 0.15) is 32.1 Å². The van der Waals surface area contributed by atoms with Crippen LogP contribution >= 0.6 is 12.9 Å². The Morgan fingerprint density at radius 2 is 2.04 bits per heavy atom. The molecule has 2 unspecified atom stereocenters. The second kappa shape index (κ2) is 8.72. The van der Waals surface area contributed by atoms with Crippen molar-refractivity contribution in [1.82, 2.24) is 25.7 Å². The molecule has 4 fully saturated rings. The van der Waals surface area contributed by atoms with Gasteiger partial charge in [0.25, 0.3) is 5.91 Å². The van der Waals surface area contributed by atoms with Crippen LogP contribution in [0.15, 0.2) is 0 Å². The largest absolute Gasteiger partial charge is 0.393 e. The van der Waals surface area contributed by atoms with Gasteiger partial charge in [0.05, 0.1) is 18.8 Å². The molecule has 0 aromatic heterocycles. The molecule has 10 nitrogen and oxygen atoms in total. The summed E-state index contributed by atoms with van der Waals surface area (Å²) in [5.41, 5.74) is 2.52. The predicted octanol–water partition coefficient (Wildman–Crippen LogP) is -0.734. The number of likely N-dealkylation sites (tertiary alicyclic amines) is 1. The Labute approximate surface area is 170 Å². The van der Waals surface area contributed by atoms with Gasteiger partial charge in [-0.05, 0) is 32.1 Å². The Kier molecular flexibility index (Phi) is 6.28. The molecule has 4 saturated heterocycles. The maximum Gasteiger partial charge on any atom is 0.345 e. The number of urea groups is 1. The summed E-state index contributed by atoms with van der Waals surface area (Å²) in [4.78, 5) is 34.1. The maximum absolute atomic E-state index is 12.5. The highest BCUT2D eigenvalue weighted by Crippen LogP contribution is 2.30. The molecule has 0 radical (unpaired) electrons. The number of hydrogen-bond donors (Lipinski definition) is 4. The van der Waals surface area contributed by atoms with E-state index in [2.05, 4.69) is 28.6 Å². The lowest BCUT2D eigenvalue weighted by atomic mass is 10.0. The number of aliphatic hydroxyl groups excluding tert-OH is 1. The van der Waals surface area contributed by atoms with Gasteiger partial charge in [-0.15, -0.1) is 0 Å². The zero-order chi connectivity index (χ0) is 19.7. The van der Waals surface area contributed by atoms with Crippen molar-refractivity contribution in [3.63, 3.8) is 0 Å². The highest BCUT2D eigenvalue weighted by atomic mass is 32.1. The van der Waals surface area contributed by atoms with Crippen molar-refractivity contribution in [1.29, 1.82) is 0 Å². The molecule has 11 heteroatoms. The Bertz CT molecular complexity index is 590. The van der Waals surface area contributed by atoms with Crippen LogP contribution in [-0.2, 0) is 13.9 Å². The predicted molar refractivity (Wildman–Crippen MR) is 102 cm³/mol. The third-order valence-corrected chi connectivity index (χ3v) is 6.56. The number of hydrogen-bond acceptors (Lipinski definition) is 8. The average Bonchev–Trinajstić information content (AvgIpc) is 3.26. The van der Waals surface area contributed by atoms with Crippen molar-refractivity contribution in [2.75, 3.05) is 32.8 Å². The van der Waals surface area contributed by atoms with Gasteiger partial charge in [-0.1, -0.05) is 0 Å². The molecule has 158 valence electrons. The lowest BCUT2D eigenvalue weighted by Crippen LogP contribution is -2.50. The number of thiol groups is 1. The molecule has 3 amide bonds. The molecule has 3 N–H and O–H groups in total. The second-order valence-corrected chi connectivity index (χ2v) is 8.29. The monoisotopic (exact) mass is 415 g/mol. The van der Waals surface area contributed by atoms with Gasteiger partial charge < -0.3 is 15.3 Å². The first-order chi connectivity index (χ1) is 13.6. The van der Waals surface area contributed by atoms with Crippen LogP contribution in [0.4, 0.5) is 4.79 Å². The first-order valence-electron chi connectivity index (χ1n) is 10.1. The lowest BCUT2D eigenvalue weighted by Gasteiger charge is -2.34. The van der Waals surface area contributed by atoms with Crippen molar-refractivity contribution in [3.05, 3.63) is 0 Å². The number of rotatable bonds is 6. The molecule has 0 spiro atoms. The van der Waals surface area contributed by atoms with Crippen molar-refractivity contribution in [2.45, 2.75) is 62.4 Å². The van der Waals surface area contributed by atoms with Gasteiger partial charge in [-0.2, -0.15) is 5.06 Å². The number of carbonyl (C=O) groups is 2. The van der Waals surface area contributed by atoms with E-state index in [1.165, 1.54) is 9.96 Å². The fraction of sp³-hybridized carbons (Fsp3) is 0.882.